The lowest BCUT2D eigenvalue weighted by Gasteiger charge is -2.09. The van der Waals surface area contributed by atoms with Gasteiger partial charge in [0, 0.05) is 19.8 Å². The van der Waals surface area contributed by atoms with Crippen molar-refractivity contribution in [1.82, 2.24) is 15.1 Å². The Labute approximate surface area is 123 Å². The number of amides is 1. The molecule has 112 valence electrons. The molecule has 0 radical (unpaired) electrons. The van der Waals surface area contributed by atoms with Gasteiger partial charge >= 0.3 is 0 Å². The second kappa shape index (κ2) is 6.78. The monoisotopic (exact) mass is 289 g/mol. The van der Waals surface area contributed by atoms with E-state index >= 15 is 0 Å². The van der Waals surface area contributed by atoms with E-state index in [0.717, 1.165) is 5.56 Å². The van der Waals surface area contributed by atoms with Crippen LogP contribution in [0.2, 0.25) is 0 Å². The van der Waals surface area contributed by atoms with E-state index in [4.69, 9.17) is 9.47 Å². The van der Waals surface area contributed by atoms with Crippen molar-refractivity contribution in [2.75, 3.05) is 20.8 Å². The van der Waals surface area contributed by atoms with Crippen molar-refractivity contribution in [3.63, 3.8) is 0 Å². The maximum absolute atomic E-state index is 11.8. The van der Waals surface area contributed by atoms with Gasteiger partial charge in [0.25, 0.3) is 5.91 Å². The summed E-state index contributed by atoms with van der Waals surface area (Å²) >= 11 is 0. The van der Waals surface area contributed by atoms with Crippen LogP contribution in [0.1, 0.15) is 16.1 Å². The highest BCUT2D eigenvalue weighted by atomic mass is 16.5. The first-order valence-electron chi connectivity index (χ1n) is 6.63. The summed E-state index contributed by atoms with van der Waals surface area (Å²) in [6.45, 7) is 0.533. The van der Waals surface area contributed by atoms with Gasteiger partial charge in [-0.3, -0.25) is 9.48 Å². The van der Waals surface area contributed by atoms with E-state index in [1.807, 2.05) is 18.2 Å². The number of carbonyl (C=O) groups is 1. The Balaban J connectivity index is 1.90. The third kappa shape index (κ3) is 3.75. The van der Waals surface area contributed by atoms with Gasteiger partial charge in [0.05, 0.1) is 14.2 Å². The molecule has 21 heavy (non-hydrogen) atoms. The molecule has 1 aromatic carbocycles. The number of benzene rings is 1. The van der Waals surface area contributed by atoms with E-state index in [-0.39, 0.29) is 5.91 Å². The van der Waals surface area contributed by atoms with E-state index < -0.39 is 0 Å². The molecule has 1 aromatic heterocycles. The molecule has 1 heterocycles. The number of ether oxygens (including phenoxy) is 2. The van der Waals surface area contributed by atoms with Crippen LogP contribution in [0.15, 0.2) is 30.5 Å². The smallest absolute Gasteiger partial charge is 0.271 e. The van der Waals surface area contributed by atoms with E-state index in [1.54, 1.807) is 38.2 Å². The molecular formula is C15H19N3O3. The molecule has 0 fully saturated rings. The second-order valence-electron chi connectivity index (χ2n) is 4.57. The molecule has 2 rings (SSSR count). The number of nitrogens with zero attached hydrogens (tertiary/aromatic N) is 2. The Bertz CT molecular complexity index is 622. The number of hydrogen-bond donors (Lipinski definition) is 1. The summed E-state index contributed by atoms with van der Waals surface area (Å²) in [5.74, 6) is 1.21. The Morgan fingerprint density at radius 2 is 2.00 bits per heavy atom. The summed E-state index contributed by atoms with van der Waals surface area (Å²) in [5, 5.41) is 6.89. The molecule has 0 saturated heterocycles. The minimum atomic E-state index is -0.170. The highest BCUT2D eigenvalue weighted by Crippen LogP contribution is 2.27. The summed E-state index contributed by atoms with van der Waals surface area (Å²) in [6, 6.07) is 7.40. The second-order valence-corrected chi connectivity index (χ2v) is 4.57. The van der Waals surface area contributed by atoms with Crippen LogP contribution >= 0.6 is 0 Å². The van der Waals surface area contributed by atoms with Gasteiger partial charge < -0.3 is 14.8 Å². The van der Waals surface area contributed by atoms with Crippen molar-refractivity contribution >= 4 is 5.91 Å². The Hall–Kier alpha value is -2.50. The molecule has 0 atom stereocenters. The van der Waals surface area contributed by atoms with Gasteiger partial charge in [0.2, 0.25) is 0 Å². The predicted molar refractivity (Wildman–Crippen MR) is 78.8 cm³/mol. The fourth-order valence-corrected chi connectivity index (χ4v) is 1.98. The van der Waals surface area contributed by atoms with Crippen LogP contribution in [-0.4, -0.2) is 36.5 Å². The average molecular weight is 289 g/mol. The van der Waals surface area contributed by atoms with Gasteiger partial charge in [-0.05, 0) is 30.2 Å². The number of aryl methyl sites for hydroxylation is 1. The quantitative estimate of drug-likeness (QED) is 0.873. The molecule has 1 N–H and O–H groups in total. The van der Waals surface area contributed by atoms with Gasteiger partial charge in [-0.2, -0.15) is 5.10 Å². The number of rotatable bonds is 6. The molecule has 6 nitrogen and oxygen atoms in total. The summed E-state index contributed by atoms with van der Waals surface area (Å²) in [4.78, 5) is 11.8. The Morgan fingerprint density at radius 3 is 2.62 bits per heavy atom. The van der Waals surface area contributed by atoms with Crippen LogP contribution < -0.4 is 14.8 Å². The SMILES string of the molecule is COc1ccc(CCNC(=O)c2ccn(C)n2)cc1OC. The molecule has 2 aromatic rings. The lowest BCUT2D eigenvalue weighted by atomic mass is 10.1. The van der Waals surface area contributed by atoms with Crippen LogP contribution in [0.5, 0.6) is 11.5 Å². The standard InChI is InChI=1S/C15H19N3O3/c1-18-9-7-12(17-18)15(19)16-8-6-11-4-5-13(20-2)14(10-11)21-3/h4-5,7,9-10H,6,8H2,1-3H3,(H,16,19). The van der Waals surface area contributed by atoms with Gasteiger partial charge in [0.1, 0.15) is 5.69 Å². The van der Waals surface area contributed by atoms with E-state index in [0.29, 0.717) is 30.2 Å². The zero-order chi connectivity index (χ0) is 15.2. The summed E-state index contributed by atoms with van der Waals surface area (Å²) in [7, 11) is 4.98. The fourth-order valence-electron chi connectivity index (χ4n) is 1.98. The Morgan fingerprint density at radius 1 is 1.24 bits per heavy atom. The normalized spacial score (nSPS) is 10.2. The molecule has 0 saturated carbocycles. The first kappa shape index (κ1) is 14.9. The fraction of sp³-hybridized carbons (Fsp3) is 0.333. The minimum absolute atomic E-state index is 0.170. The number of carbonyl (C=O) groups excluding carboxylic acids is 1. The van der Waals surface area contributed by atoms with Crippen LogP contribution in [0.4, 0.5) is 0 Å². The van der Waals surface area contributed by atoms with Crippen molar-refractivity contribution in [1.29, 1.82) is 0 Å². The first-order valence-corrected chi connectivity index (χ1v) is 6.63. The van der Waals surface area contributed by atoms with Crippen LogP contribution in [0, 0.1) is 0 Å². The summed E-state index contributed by atoms with van der Waals surface area (Å²) < 4.78 is 12.0. The van der Waals surface area contributed by atoms with Crippen molar-refractivity contribution in [2.45, 2.75) is 6.42 Å². The number of methoxy groups -OCH3 is 2. The lowest BCUT2D eigenvalue weighted by molar-refractivity contribution is 0.0948. The molecular weight excluding hydrogens is 270 g/mol. The molecule has 0 aliphatic rings. The van der Waals surface area contributed by atoms with Crippen LogP contribution in [0.3, 0.4) is 0 Å². The topological polar surface area (TPSA) is 65.4 Å². The largest absolute Gasteiger partial charge is 0.493 e. The highest BCUT2D eigenvalue weighted by Gasteiger charge is 2.08. The maximum Gasteiger partial charge on any atom is 0.271 e. The number of nitrogens with one attached hydrogen (secondary N) is 1. The third-order valence-electron chi connectivity index (χ3n) is 3.09. The summed E-state index contributed by atoms with van der Waals surface area (Å²) in [5.41, 5.74) is 1.48. The van der Waals surface area contributed by atoms with Crippen molar-refractivity contribution < 1.29 is 14.3 Å². The molecule has 0 aliphatic heterocycles. The molecule has 0 aliphatic carbocycles. The molecule has 1 amide bonds. The zero-order valence-electron chi connectivity index (χ0n) is 12.4. The highest BCUT2D eigenvalue weighted by molar-refractivity contribution is 5.92. The molecule has 0 spiro atoms. The van der Waals surface area contributed by atoms with Crippen LogP contribution in [0.25, 0.3) is 0 Å². The van der Waals surface area contributed by atoms with Crippen molar-refractivity contribution in [3.8, 4) is 11.5 Å². The van der Waals surface area contributed by atoms with E-state index in [2.05, 4.69) is 10.4 Å². The van der Waals surface area contributed by atoms with Crippen molar-refractivity contribution in [3.05, 3.63) is 41.7 Å². The average Bonchev–Trinajstić information content (AvgIpc) is 2.93. The van der Waals surface area contributed by atoms with Gasteiger partial charge in [-0.15, -0.1) is 0 Å². The van der Waals surface area contributed by atoms with E-state index in [9.17, 15) is 4.79 Å². The van der Waals surface area contributed by atoms with Gasteiger partial charge in [-0.25, -0.2) is 0 Å². The minimum Gasteiger partial charge on any atom is -0.493 e. The predicted octanol–water partition coefficient (Wildman–Crippen LogP) is 1.41. The molecule has 0 bridgehead atoms. The van der Waals surface area contributed by atoms with Crippen LogP contribution in [-0.2, 0) is 13.5 Å². The first-order chi connectivity index (χ1) is 10.1. The van der Waals surface area contributed by atoms with E-state index in [1.165, 1.54) is 0 Å². The summed E-state index contributed by atoms with van der Waals surface area (Å²) in [6.07, 6.45) is 2.45. The zero-order valence-corrected chi connectivity index (χ0v) is 12.4. The van der Waals surface area contributed by atoms with Gasteiger partial charge in [-0.1, -0.05) is 6.07 Å². The molecule has 0 unspecified atom stereocenters. The lowest BCUT2D eigenvalue weighted by Crippen LogP contribution is -2.26. The third-order valence-corrected chi connectivity index (χ3v) is 3.09. The maximum atomic E-state index is 11.8. The van der Waals surface area contributed by atoms with Gasteiger partial charge in [0.15, 0.2) is 11.5 Å². The number of aromatic nitrogens is 2. The molecule has 6 heteroatoms. The Kier molecular flexibility index (Phi) is 4.81. The van der Waals surface area contributed by atoms with Crippen molar-refractivity contribution in [2.24, 2.45) is 7.05 Å². The number of hydrogen-bond acceptors (Lipinski definition) is 4.